The number of hydrogen-bond donors (Lipinski definition) is 0. The van der Waals surface area contributed by atoms with Crippen LogP contribution in [0.3, 0.4) is 0 Å². The summed E-state index contributed by atoms with van der Waals surface area (Å²) in [6.45, 7) is 0.557. The van der Waals surface area contributed by atoms with Gasteiger partial charge in [0.2, 0.25) is 15.9 Å². The Morgan fingerprint density at radius 3 is 2.33 bits per heavy atom. The lowest BCUT2D eigenvalue weighted by Crippen LogP contribution is -2.50. The second kappa shape index (κ2) is 11.8. The molecule has 0 N–H and O–H groups in total. The van der Waals surface area contributed by atoms with Crippen LogP contribution in [0.5, 0.6) is 5.75 Å². The molecule has 4 rings (SSSR count). The fraction of sp³-hybridized carbons (Fsp3) is 0.345. The third-order valence-electron chi connectivity index (χ3n) is 6.93. The van der Waals surface area contributed by atoms with Crippen LogP contribution in [0.25, 0.3) is 0 Å². The minimum atomic E-state index is -4.67. The molecule has 3 aromatic rings. The van der Waals surface area contributed by atoms with Crippen molar-refractivity contribution in [2.45, 2.75) is 36.9 Å². The first kappa shape index (κ1) is 28.6. The van der Waals surface area contributed by atoms with Gasteiger partial charge in [0.15, 0.2) is 0 Å². The molecular formula is C29H31F3N2O4S. The third kappa shape index (κ3) is 7.19. The van der Waals surface area contributed by atoms with Gasteiger partial charge in [-0.15, -0.1) is 0 Å². The van der Waals surface area contributed by atoms with E-state index in [4.69, 9.17) is 4.74 Å². The normalized spacial score (nSPS) is 18.5. The monoisotopic (exact) mass is 560 g/mol. The van der Waals surface area contributed by atoms with E-state index in [1.54, 1.807) is 24.1 Å². The molecule has 39 heavy (non-hydrogen) atoms. The average Bonchev–Trinajstić information content (AvgIpc) is 2.93. The summed E-state index contributed by atoms with van der Waals surface area (Å²) in [6.07, 6.45) is -3.68. The Hall–Kier alpha value is -3.37. The van der Waals surface area contributed by atoms with Gasteiger partial charge in [-0.25, -0.2) is 8.42 Å². The predicted octanol–water partition coefficient (Wildman–Crippen LogP) is 5.60. The summed E-state index contributed by atoms with van der Waals surface area (Å²) in [6, 6.07) is 22.3. The van der Waals surface area contributed by atoms with Crippen molar-refractivity contribution in [3.05, 3.63) is 96.1 Å². The number of piperidine rings is 1. The van der Waals surface area contributed by atoms with Crippen molar-refractivity contribution in [1.29, 1.82) is 0 Å². The van der Waals surface area contributed by atoms with Crippen LogP contribution in [0, 0.1) is 5.41 Å². The van der Waals surface area contributed by atoms with E-state index in [1.807, 2.05) is 48.5 Å². The molecule has 208 valence electrons. The Labute approximate surface area is 227 Å². The molecule has 3 aromatic carbocycles. The molecule has 0 radical (unpaired) electrons. The Morgan fingerprint density at radius 1 is 1.00 bits per heavy atom. The van der Waals surface area contributed by atoms with Gasteiger partial charge < -0.3 is 9.64 Å². The Bertz CT molecular complexity index is 1370. The van der Waals surface area contributed by atoms with Gasteiger partial charge >= 0.3 is 6.18 Å². The predicted molar refractivity (Wildman–Crippen MR) is 141 cm³/mol. The number of carbonyl (C=O) groups is 1. The summed E-state index contributed by atoms with van der Waals surface area (Å²) in [4.78, 5) is 14.6. The average molecular weight is 561 g/mol. The van der Waals surface area contributed by atoms with Crippen LogP contribution < -0.4 is 4.74 Å². The van der Waals surface area contributed by atoms with Crippen LogP contribution >= 0.6 is 0 Å². The third-order valence-corrected chi connectivity index (χ3v) is 8.77. The van der Waals surface area contributed by atoms with Crippen molar-refractivity contribution in [3.8, 4) is 5.75 Å². The van der Waals surface area contributed by atoms with Gasteiger partial charge in [0.05, 0.1) is 17.1 Å². The van der Waals surface area contributed by atoms with E-state index >= 15 is 0 Å². The molecule has 0 aromatic heterocycles. The maximum absolute atomic E-state index is 13.5. The number of halogens is 3. The number of ether oxygens (including phenoxy) is 1. The van der Waals surface area contributed by atoms with E-state index < -0.39 is 32.1 Å². The van der Waals surface area contributed by atoms with Crippen molar-refractivity contribution in [1.82, 2.24) is 9.21 Å². The van der Waals surface area contributed by atoms with Crippen LogP contribution in [0.2, 0.25) is 0 Å². The number of amides is 1. The van der Waals surface area contributed by atoms with Gasteiger partial charge in [-0.1, -0.05) is 54.6 Å². The highest BCUT2D eigenvalue weighted by molar-refractivity contribution is 7.89. The summed E-state index contributed by atoms with van der Waals surface area (Å²) < 4.78 is 74.1. The van der Waals surface area contributed by atoms with Crippen molar-refractivity contribution < 1.29 is 31.1 Å². The van der Waals surface area contributed by atoms with Gasteiger partial charge in [-0.05, 0) is 48.7 Å². The second-order valence-corrected chi connectivity index (χ2v) is 11.9. The highest BCUT2D eigenvalue weighted by Crippen LogP contribution is 2.38. The minimum Gasteiger partial charge on any atom is -0.493 e. The zero-order chi connectivity index (χ0) is 28.1. The molecule has 0 spiro atoms. The fourth-order valence-electron chi connectivity index (χ4n) is 4.82. The molecule has 0 unspecified atom stereocenters. The molecule has 6 nitrogen and oxygen atoms in total. The van der Waals surface area contributed by atoms with E-state index in [9.17, 15) is 26.4 Å². The number of nitrogens with zero attached hydrogens (tertiary/aromatic N) is 2. The molecule has 0 saturated carbocycles. The van der Waals surface area contributed by atoms with Crippen molar-refractivity contribution in [3.63, 3.8) is 0 Å². The number of benzene rings is 3. The molecule has 1 aliphatic heterocycles. The molecule has 1 saturated heterocycles. The van der Waals surface area contributed by atoms with Gasteiger partial charge in [-0.3, -0.25) is 4.79 Å². The summed E-state index contributed by atoms with van der Waals surface area (Å²) >= 11 is 0. The first-order valence-corrected chi connectivity index (χ1v) is 14.1. The molecule has 0 aliphatic carbocycles. The van der Waals surface area contributed by atoms with Gasteiger partial charge in [0, 0.05) is 38.5 Å². The summed E-state index contributed by atoms with van der Waals surface area (Å²) in [5.74, 6) is 0.411. The molecule has 1 aliphatic rings. The SMILES string of the molecule is CN(Cc1ccccc1)C(=O)C[C@]1(COc2ccccc2)CCCN(S(=O)(=O)c2cccc(C(F)(F)F)c2)C1. The van der Waals surface area contributed by atoms with Gasteiger partial charge in [-0.2, -0.15) is 17.5 Å². The number of rotatable bonds is 9. The standard InChI is InChI=1S/C29H31F3N2O4S/c1-33(20-23-10-4-2-5-11-23)27(35)19-28(22-38-25-13-6-3-7-14-25)16-9-17-34(21-28)39(36,37)26-15-8-12-24(18-26)29(30,31)32/h2-8,10-15,18H,9,16-17,19-22H2,1H3/t28-/m1/s1. The highest BCUT2D eigenvalue weighted by Gasteiger charge is 2.43. The fourth-order valence-corrected chi connectivity index (χ4v) is 6.46. The maximum atomic E-state index is 13.5. The van der Waals surface area contributed by atoms with Crippen LogP contribution in [0.15, 0.2) is 89.8 Å². The first-order chi connectivity index (χ1) is 18.5. The number of carbonyl (C=O) groups excluding carboxylic acids is 1. The summed E-state index contributed by atoms with van der Waals surface area (Å²) in [7, 11) is -2.56. The van der Waals surface area contributed by atoms with Crippen molar-refractivity contribution in [2.24, 2.45) is 5.41 Å². The van der Waals surface area contributed by atoms with Crippen LogP contribution in [-0.4, -0.2) is 50.3 Å². The van der Waals surface area contributed by atoms with E-state index in [0.29, 0.717) is 31.2 Å². The Balaban J connectivity index is 1.59. The zero-order valence-corrected chi connectivity index (χ0v) is 22.4. The van der Waals surface area contributed by atoms with E-state index in [2.05, 4.69) is 0 Å². The molecule has 1 amide bonds. The number of alkyl halides is 3. The van der Waals surface area contributed by atoms with Crippen molar-refractivity contribution >= 4 is 15.9 Å². The van der Waals surface area contributed by atoms with E-state index in [0.717, 1.165) is 17.7 Å². The number of para-hydroxylation sites is 1. The molecule has 0 bridgehead atoms. The lowest BCUT2D eigenvalue weighted by Gasteiger charge is -2.42. The Kier molecular flexibility index (Phi) is 8.66. The quantitative estimate of drug-likeness (QED) is 0.342. The smallest absolute Gasteiger partial charge is 0.416 e. The number of hydrogen-bond acceptors (Lipinski definition) is 4. The largest absolute Gasteiger partial charge is 0.493 e. The maximum Gasteiger partial charge on any atom is 0.416 e. The second-order valence-electron chi connectivity index (χ2n) is 9.98. The molecule has 10 heteroatoms. The van der Waals surface area contributed by atoms with Crippen LogP contribution in [0.1, 0.15) is 30.4 Å². The zero-order valence-electron chi connectivity index (χ0n) is 21.6. The summed E-state index contributed by atoms with van der Waals surface area (Å²) in [5.41, 5.74) is -0.942. The van der Waals surface area contributed by atoms with Crippen LogP contribution in [-0.2, 0) is 27.5 Å². The lowest BCUT2D eigenvalue weighted by molar-refractivity contribution is -0.138. The van der Waals surface area contributed by atoms with Gasteiger partial charge in [0.25, 0.3) is 0 Å². The van der Waals surface area contributed by atoms with E-state index in [-0.39, 0.29) is 32.0 Å². The minimum absolute atomic E-state index is 0.0256. The highest BCUT2D eigenvalue weighted by atomic mass is 32.2. The molecular weight excluding hydrogens is 529 g/mol. The first-order valence-electron chi connectivity index (χ1n) is 12.6. The molecule has 1 fully saturated rings. The summed E-state index contributed by atoms with van der Waals surface area (Å²) in [5, 5.41) is 0. The number of sulfonamides is 1. The van der Waals surface area contributed by atoms with Gasteiger partial charge in [0.1, 0.15) is 5.75 Å². The Morgan fingerprint density at radius 2 is 1.67 bits per heavy atom. The molecule has 1 atom stereocenters. The van der Waals surface area contributed by atoms with Crippen LogP contribution in [0.4, 0.5) is 13.2 Å². The topological polar surface area (TPSA) is 66.9 Å². The van der Waals surface area contributed by atoms with Crippen molar-refractivity contribution in [2.75, 3.05) is 26.7 Å². The van der Waals surface area contributed by atoms with E-state index in [1.165, 1.54) is 10.4 Å². The lowest BCUT2D eigenvalue weighted by atomic mass is 9.78. The molecule has 1 heterocycles.